The zero-order valence-corrected chi connectivity index (χ0v) is 11.5. The Morgan fingerprint density at radius 3 is 3.21 bits per heavy atom. The maximum absolute atomic E-state index is 5.80. The zero-order chi connectivity index (χ0) is 12.8. The number of hydrogen-bond acceptors (Lipinski definition) is 6. The number of rotatable bonds is 2. The molecule has 2 aromatic rings. The van der Waals surface area contributed by atoms with Crippen molar-refractivity contribution < 1.29 is 0 Å². The minimum absolute atomic E-state index is 0.360. The highest BCUT2D eigenvalue weighted by molar-refractivity contribution is 7.16. The van der Waals surface area contributed by atoms with E-state index in [1.165, 1.54) is 32.4 Å². The minimum atomic E-state index is 0.360. The van der Waals surface area contributed by atoms with Crippen LogP contribution in [0.5, 0.6) is 0 Å². The number of nitrogens with zero attached hydrogens (tertiary/aromatic N) is 3. The van der Waals surface area contributed by atoms with E-state index in [1.807, 2.05) is 5.38 Å². The average molecular weight is 275 g/mol. The van der Waals surface area contributed by atoms with Crippen molar-refractivity contribution >= 4 is 33.3 Å². The lowest BCUT2D eigenvalue weighted by molar-refractivity contribution is 0.318. The van der Waals surface area contributed by atoms with E-state index in [9.17, 15) is 0 Å². The van der Waals surface area contributed by atoms with Gasteiger partial charge in [0.1, 0.15) is 10.6 Å². The molecule has 2 saturated heterocycles. The normalized spacial score (nSPS) is 26.9. The molecule has 0 aliphatic carbocycles. The van der Waals surface area contributed by atoms with Crippen molar-refractivity contribution in [3.63, 3.8) is 0 Å². The molecule has 0 spiro atoms. The summed E-state index contributed by atoms with van der Waals surface area (Å²) >= 11 is 1.61. The molecule has 4 heterocycles. The van der Waals surface area contributed by atoms with Gasteiger partial charge in [-0.2, -0.15) is 4.98 Å². The molecular weight excluding hydrogens is 258 g/mol. The van der Waals surface area contributed by atoms with Crippen LogP contribution in [0.1, 0.15) is 19.3 Å². The number of hydrogen-bond donors (Lipinski definition) is 2. The lowest BCUT2D eigenvalue weighted by Crippen LogP contribution is -2.34. The van der Waals surface area contributed by atoms with Crippen LogP contribution in [0.25, 0.3) is 10.2 Å². The van der Waals surface area contributed by atoms with Crippen molar-refractivity contribution in [3.05, 3.63) is 11.4 Å². The van der Waals surface area contributed by atoms with E-state index in [2.05, 4.69) is 26.3 Å². The molecule has 6 heteroatoms. The molecular formula is C13H17N5S. The van der Waals surface area contributed by atoms with Gasteiger partial charge < -0.3 is 11.1 Å². The molecule has 2 fully saturated rings. The number of fused-ring (bicyclic) bond motifs is 2. The molecule has 0 radical (unpaired) electrons. The van der Waals surface area contributed by atoms with Crippen molar-refractivity contribution in [3.8, 4) is 0 Å². The molecule has 19 heavy (non-hydrogen) atoms. The fraction of sp³-hybridized carbons (Fsp3) is 0.538. The van der Waals surface area contributed by atoms with Gasteiger partial charge in [0.2, 0.25) is 5.95 Å². The van der Waals surface area contributed by atoms with E-state index in [4.69, 9.17) is 5.73 Å². The summed E-state index contributed by atoms with van der Waals surface area (Å²) < 4.78 is 0. The van der Waals surface area contributed by atoms with Crippen LogP contribution in [0.15, 0.2) is 11.4 Å². The van der Waals surface area contributed by atoms with Gasteiger partial charge in [0.25, 0.3) is 0 Å². The van der Waals surface area contributed by atoms with Gasteiger partial charge in [0.05, 0.1) is 5.39 Å². The monoisotopic (exact) mass is 275 g/mol. The number of nitrogens with two attached hydrogens (primary N) is 1. The average Bonchev–Trinajstić information content (AvgIpc) is 3.05. The number of nitrogen functional groups attached to an aromatic ring is 1. The van der Waals surface area contributed by atoms with Gasteiger partial charge in [-0.3, -0.25) is 4.90 Å². The number of aromatic nitrogens is 2. The quantitative estimate of drug-likeness (QED) is 0.876. The molecule has 100 valence electrons. The lowest BCUT2D eigenvalue weighted by Gasteiger charge is -2.22. The third kappa shape index (κ3) is 1.86. The second-order valence-corrected chi connectivity index (χ2v) is 6.25. The van der Waals surface area contributed by atoms with Crippen LogP contribution in [0.3, 0.4) is 0 Å². The predicted molar refractivity (Wildman–Crippen MR) is 78.5 cm³/mol. The highest BCUT2D eigenvalue weighted by Crippen LogP contribution is 2.32. The van der Waals surface area contributed by atoms with E-state index in [1.54, 1.807) is 11.3 Å². The third-order valence-electron chi connectivity index (χ3n) is 4.27. The van der Waals surface area contributed by atoms with E-state index in [-0.39, 0.29) is 0 Å². The highest BCUT2D eigenvalue weighted by atomic mass is 32.1. The molecule has 0 amide bonds. The summed E-state index contributed by atoms with van der Waals surface area (Å²) in [6, 6.07) is 3.24. The predicted octanol–water partition coefficient (Wildman–Crippen LogP) is 1.92. The number of thiophene rings is 1. The largest absolute Gasteiger partial charge is 0.368 e. The van der Waals surface area contributed by atoms with Crippen LogP contribution in [-0.2, 0) is 0 Å². The summed E-state index contributed by atoms with van der Waals surface area (Å²) in [6.45, 7) is 2.46. The van der Waals surface area contributed by atoms with Crippen LogP contribution in [0.2, 0.25) is 0 Å². The third-order valence-corrected chi connectivity index (χ3v) is 5.08. The molecule has 0 saturated carbocycles. The summed E-state index contributed by atoms with van der Waals surface area (Å²) in [5, 5.41) is 6.75. The first-order valence-electron chi connectivity index (χ1n) is 6.82. The van der Waals surface area contributed by atoms with E-state index < -0.39 is 0 Å². The highest BCUT2D eigenvalue weighted by Gasteiger charge is 2.37. The first-order chi connectivity index (χ1) is 9.31. The SMILES string of the molecule is Nc1nc(NC2CCN3CCCC23)c2ccsc2n1. The second kappa shape index (κ2) is 4.31. The van der Waals surface area contributed by atoms with Crippen molar-refractivity contribution in [1.29, 1.82) is 0 Å². The second-order valence-electron chi connectivity index (χ2n) is 5.35. The van der Waals surface area contributed by atoms with Gasteiger partial charge in [-0.05, 0) is 37.3 Å². The van der Waals surface area contributed by atoms with E-state index in [0.717, 1.165) is 16.0 Å². The Labute approximate surface area is 115 Å². The van der Waals surface area contributed by atoms with Gasteiger partial charge in [-0.15, -0.1) is 11.3 Å². The Hall–Kier alpha value is -1.40. The number of anilines is 2. The van der Waals surface area contributed by atoms with Crippen LogP contribution in [0.4, 0.5) is 11.8 Å². The fourth-order valence-electron chi connectivity index (χ4n) is 3.41. The molecule has 0 bridgehead atoms. The maximum atomic E-state index is 5.80. The van der Waals surface area contributed by atoms with E-state index >= 15 is 0 Å². The molecule has 2 aromatic heterocycles. The molecule has 3 N–H and O–H groups in total. The molecule has 2 aliphatic rings. The van der Waals surface area contributed by atoms with Crippen LogP contribution < -0.4 is 11.1 Å². The Morgan fingerprint density at radius 1 is 1.32 bits per heavy atom. The molecule has 2 aliphatic heterocycles. The summed E-state index contributed by atoms with van der Waals surface area (Å²) in [5.74, 6) is 1.27. The molecule has 0 aromatic carbocycles. The fourth-order valence-corrected chi connectivity index (χ4v) is 4.18. The van der Waals surface area contributed by atoms with Gasteiger partial charge in [-0.25, -0.2) is 4.98 Å². The van der Waals surface area contributed by atoms with Crippen molar-refractivity contribution in [1.82, 2.24) is 14.9 Å². The zero-order valence-electron chi connectivity index (χ0n) is 10.7. The number of nitrogens with one attached hydrogen (secondary N) is 1. The minimum Gasteiger partial charge on any atom is -0.368 e. The maximum Gasteiger partial charge on any atom is 0.223 e. The van der Waals surface area contributed by atoms with Crippen LogP contribution in [0, 0.1) is 0 Å². The topological polar surface area (TPSA) is 67.1 Å². The van der Waals surface area contributed by atoms with Gasteiger partial charge in [0, 0.05) is 18.6 Å². The van der Waals surface area contributed by atoms with Gasteiger partial charge >= 0.3 is 0 Å². The van der Waals surface area contributed by atoms with Crippen molar-refractivity contribution in [2.75, 3.05) is 24.1 Å². The summed E-state index contributed by atoms with van der Waals surface area (Å²) in [5.41, 5.74) is 5.80. The summed E-state index contributed by atoms with van der Waals surface area (Å²) in [4.78, 5) is 12.2. The van der Waals surface area contributed by atoms with Crippen LogP contribution >= 0.6 is 11.3 Å². The molecule has 5 nitrogen and oxygen atoms in total. The van der Waals surface area contributed by atoms with Gasteiger partial charge in [-0.1, -0.05) is 0 Å². The Morgan fingerprint density at radius 2 is 2.26 bits per heavy atom. The Bertz CT molecular complexity index is 610. The molecule has 4 rings (SSSR count). The van der Waals surface area contributed by atoms with Gasteiger partial charge in [0.15, 0.2) is 0 Å². The summed E-state index contributed by atoms with van der Waals surface area (Å²) in [7, 11) is 0. The van der Waals surface area contributed by atoms with Crippen molar-refractivity contribution in [2.45, 2.75) is 31.3 Å². The van der Waals surface area contributed by atoms with E-state index in [0.29, 0.717) is 18.0 Å². The molecule has 2 atom stereocenters. The Kier molecular flexibility index (Phi) is 2.60. The van der Waals surface area contributed by atoms with Crippen LogP contribution in [-0.4, -0.2) is 40.0 Å². The lowest BCUT2D eigenvalue weighted by atomic mass is 10.1. The standard InChI is InChI=1S/C13H17N5S/c14-13-16-11(8-4-7-19-12(8)17-13)15-9-3-6-18-5-1-2-10(9)18/h4,7,9-10H,1-3,5-6H2,(H3,14,15,16,17). The smallest absolute Gasteiger partial charge is 0.223 e. The Balaban J connectivity index is 1.66. The van der Waals surface area contributed by atoms with Crippen molar-refractivity contribution in [2.24, 2.45) is 0 Å². The first kappa shape index (κ1) is 11.4. The molecule has 2 unspecified atom stereocenters. The summed E-state index contributed by atoms with van der Waals surface area (Å²) in [6.07, 6.45) is 3.81. The first-order valence-corrected chi connectivity index (χ1v) is 7.70.